The molecule has 1 heterocycles. The van der Waals surface area contributed by atoms with Crippen molar-refractivity contribution in [2.45, 2.75) is 12.5 Å². The van der Waals surface area contributed by atoms with Gasteiger partial charge < -0.3 is 15.2 Å². The number of rotatable bonds is 1. The Hall–Kier alpha value is -1.22. The van der Waals surface area contributed by atoms with Gasteiger partial charge in [-0.2, -0.15) is 0 Å². The maximum atomic E-state index is 5.82. The molecule has 1 unspecified atom stereocenters. The summed E-state index contributed by atoms with van der Waals surface area (Å²) in [6.45, 7) is 0.618. The molecule has 0 aromatic heterocycles. The van der Waals surface area contributed by atoms with Crippen LogP contribution in [-0.4, -0.2) is 19.8 Å². The van der Waals surface area contributed by atoms with Crippen LogP contribution in [0.15, 0.2) is 18.2 Å². The van der Waals surface area contributed by atoms with Gasteiger partial charge in [0.15, 0.2) is 0 Å². The third-order valence-electron chi connectivity index (χ3n) is 2.36. The van der Waals surface area contributed by atoms with Crippen LogP contribution in [-0.2, 0) is 11.2 Å². The zero-order valence-electron chi connectivity index (χ0n) is 7.62. The Labute approximate surface area is 77.5 Å². The van der Waals surface area contributed by atoms with E-state index in [4.69, 9.17) is 15.2 Å². The molecule has 0 saturated carbocycles. The predicted octanol–water partition coefficient (Wildman–Crippen LogP) is 1.22. The lowest BCUT2D eigenvalue weighted by Gasteiger charge is -2.25. The van der Waals surface area contributed by atoms with Crippen LogP contribution in [0.2, 0.25) is 0 Å². The van der Waals surface area contributed by atoms with Gasteiger partial charge in [0.2, 0.25) is 0 Å². The Bertz CT molecular complexity index is 312. The molecule has 0 amide bonds. The lowest BCUT2D eigenvalue weighted by Crippen LogP contribution is -2.28. The first kappa shape index (κ1) is 8.38. The minimum Gasteiger partial charge on any atom is -0.491 e. The number of methoxy groups -OCH3 is 1. The quantitative estimate of drug-likeness (QED) is 0.659. The molecule has 3 nitrogen and oxygen atoms in total. The normalized spacial score (nSPS) is 20.5. The molecule has 0 spiro atoms. The molecule has 0 fully saturated rings. The van der Waals surface area contributed by atoms with Gasteiger partial charge in [-0.15, -0.1) is 0 Å². The second-order valence-electron chi connectivity index (χ2n) is 3.20. The van der Waals surface area contributed by atoms with E-state index in [1.165, 1.54) is 0 Å². The predicted molar refractivity (Wildman–Crippen MR) is 50.9 cm³/mol. The summed E-state index contributed by atoms with van der Waals surface area (Å²) in [4.78, 5) is 0. The first-order valence-corrected chi connectivity index (χ1v) is 4.34. The lowest BCUT2D eigenvalue weighted by atomic mass is 10.0. The van der Waals surface area contributed by atoms with Crippen LogP contribution in [0.4, 0.5) is 5.69 Å². The summed E-state index contributed by atoms with van der Waals surface area (Å²) in [7, 11) is 1.69. The van der Waals surface area contributed by atoms with Crippen molar-refractivity contribution in [3.05, 3.63) is 23.8 Å². The van der Waals surface area contributed by atoms with Gasteiger partial charge >= 0.3 is 0 Å². The molecule has 3 heteroatoms. The zero-order chi connectivity index (χ0) is 9.26. The topological polar surface area (TPSA) is 44.5 Å². The second kappa shape index (κ2) is 3.26. The Balaban J connectivity index is 2.32. The minimum atomic E-state index is 0.136. The van der Waals surface area contributed by atoms with E-state index < -0.39 is 0 Å². The van der Waals surface area contributed by atoms with Gasteiger partial charge in [0, 0.05) is 24.8 Å². The van der Waals surface area contributed by atoms with Crippen molar-refractivity contribution in [1.29, 1.82) is 0 Å². The molecular weight excluding hydrogens is 166 g/mol. The van der Waals surface area contributed by atoms with E-state index in [0.717, 1.165) is 23.4 Å². The van der Waals surface area contributed by atoms with Gasteiger partial charge in [-0.1, -0.05) is 6.07 Å². The molecule has 1 aromatic carbocycles. The fraction of sp³-hybridized carbons (Fsp3) is 0.400. The van der Waals surface area contributed by atoms with Crippen molar-refractivity contribution < 1.29 is 9.47 Å². The van der Waals surface area contributed by atoms with Gasteiger partial charge in [0.05, 0.1) is 6.10 Å². The first-order chi connectivity index (χ1) is 6.31. The maximum Gasteiger partial charge on any atom is 0.124 e. The van der Waals surface area contributed by atoms with E-state index in [1.807, 2.05) is 18.2 Å². The smallest absolute Gasteiger partial charge is 0.124 e. The van der Waals surface area contributed by atoms with Crippen LogP contribution in [0, 0.1) is 0 Å². The summed E-state index contributed by atoms with van der Waals surface area (Å²) in [6, 6.07) is 5.74. The van der Waals surface area contributed by atoms with Crippen LogP contribution in [0.1, 0.15) is 5.56 Å². The molecular formula is C10H13NO2. The largest absolute Gasteiger partial charge is 0.491 e. The average molecular weight is 179 g/mol. The number of anilines is 1. The van der Waals surface area contributed by atoms with Crippen molar-refractivity contribution in [3.8, 4) is 5.75 Å². The molecule has 1 aromatic rings. The summed E-state index contributed by atoms with van der Waals surface area (Å²) >= 11 is 0. The molecule has 0 bridgehead atoms. The third-order valence-corrected chi connectivity index (χ3v) is 2.36. The van der Waals surface area contributed by atoms with E-state index in [1.54, 1.807) is 7.11 Å². The highest BCUT2D eigenvalue weighted by Gasteiger charge is 2.20. The molecule has 0 aliphatic carbocycles. The SMILES string of the molecule is COC1COc2cccc(N)c2C1. The van der Waals surface area contributed by atoms with Crippen LogP contribution < -0.4 is 10.5 Å². The maximum absolute atomic E-state index is 5.82. The van der Waals surface area contributed by atoms with Crippen molar-refractivity contribution in [1.82, 2.24) is 0 Å². The second-order valence-corrected chi connectivity index (χ2v) is 3.20. The summed E-state index contributed by atoms with van der Waals surface area (Å²) < 4.78 is 10.7. The standard InChI is InChI=1S/C10H13NO2/c1-12-7-5-8-9(11)3-2-4-10(8)13-6-7/h2-4,7H,5-6,11H2,1H3. The molecule has 2 N–H and O–H groups in total. The van der Waals surface area contributed by atoms with Gasteiger partial charge in [0.25, 0.3) is 0 Å². The number of fused-ring (bicyclic) bond motifs is 1. The molecule has 0 saturated heterocycles. The van der Waals surface area contributed by atoms with E-state index in [9.17, 15) is 0 Å². The van der Waals surface area contributed by atoms with E-state index in [2.05, 4.69) is 0 Å². The number of hydrogen-bond donors (Lipinski definition) is 1. The number of benzene rings is 1. The Morgan fingerprint density at radius 1 is 1.54 bits per heavy atom. The Morgan fingerprint density at radius 2 is 2.38 bits per heavy atom. The highest BCUT2D eigenvalue weighted by molar-refractivity contribution is 5.55. The summed E-state index contributed by atoms with van der Waals surface area (Å²) in [5.74, 6) is 0.897. The molecule has 70 valence electrons. The minimum absolute atomic E-state index is 0.136. The number of hydrogen-bond acceptors (Lipinski definition) is 3. The Morgan fingerprint density at radius 3 is 3.15 bits per heavy atom. The molecule has 2 rings (SSSR count). The fourth-order valence-corrected chi connectivity index (χ4v) is 1.56. The van der Waals surface area contributed by atoms with Gasteiger partial charge in [-0.05, 0) is 12.1 Å². The average Bonchev–Trinajstić information content (AvgIpc) is 2.18. The van der Waals surface area contributed by atoms with E-state index in [-0.39, 0.29) is 6.10 Å². The first-order valence-electron chi connectivity index (χ1n) is 4.34. The van der Waals surface area contributed by atoms with Crippen LogP contribution in [0.3, 0.4) is 0 Å². The van der Waals surface area contributed by atoms with Gasteiger partial charge in [-0.25, -0.2) is 0 Å². The van der Waals surface area contributed by atoms with Crippen molar-refractivity contribution in [2.75, 3.05) is 19.5 Å². The van der Waals surface area contributed by atoms with Crippen molar-refractivity contribution in [2.24, 2.45) is 0 Å². The molecule has 1 atom stereocenters. The van der Waals surface area contributed by atoms with E-state index >= 15 is 0 Å². The highest BCUT2D eigenvalue weighted by Crippen LogP contribution is 2.29. The van der Waals surface area contributed by atoms with Gasteiger partial charge in [0.1, 0.15) is 12.4 Å². The lowest BCUT2D eigenvalue weighted by molar-refractivity contribution is 0.0470. The van der Waals surface area contributed by atoms with Crippen molar-refractivity contribution in [3.63, 3.8) is 0 Å². The van der Waals surface area contributed by atoms with Crippen molar-refractivity contribution >= 4 is 5.69 Å². The molecule has 1 aliphatic heterocycles. The molecule has 0 radical (unpaired) electrons. The Kier molecular flexibility index (Phi) is 2.10. The van der Waals surface area contributed by atoms with Crippen LogP contribution in [0.5, 0.6) is 5.75 Å². The molecule has 13 heavy (non-hydrogen) atoms. The molecule has 1 aliphatic rings. The number of nitrogens with two attached hydrogens (primary N) is 1. The number of nitrogen functional groups attached to an aromatic ring is 1. The monoisotopic (exact) mass is 179 g/mol. The summed E-state index contributed by atoms with van der Waals surface area (Å²) in [5, 5.41) is 0. The number of ether oxygens (including phenoxy) is 2. The van der Waals surface area contributed by atoms with Gasteiger partial charge in [-0.3, -0.25) is 0 Å². The fourth-order valence-electron chi connectivity index (χ4n) is 1.56. The zero-order valence-corrected chi connectivity index (χ0v) is 7.62. The van der Waals surface area contributed by atoms with E-state index in [0.29, 0.717) is 6.61 Å². The summed E-state index contributed by atoms with van der Waals surface area (Å²) in [6.07, 6.45) is 0.982. The van der Waals surface area contributed by atoms with Crippen LogP contribution in [0.25, 0.3) is 0 Å². The summed E-state index contributed by atoms with van der Waals surface area (Å²) in [5.41, 5.74) is 7.68. The third kappa shape index (κ3) is 1.47. The van der Waals surface area contributed by atoms with Crippen LogP contribution >= 0.6 is 0 Å². The highest BCUT2D eigenvalue weighted by atomic mass is 16.5.